The van der Waals surface area contributed by atoms with Crippen LogP contribution in [0.4, 0.5) is 0 Å². The Bertz CT molecular complexity index is 176. The molecule has 0 saturated heterocycles. The highest BCUT2D eigenvalue weighted by Crippen LogP contribution is 2.45. The number of oxime groups is 1. The van der Waals surface area contributed by atoms with Gasteiger partial charge in [0.15, 0.2) is 0 Å². The largest absolute Gasteiger partial charge is 0.411 e. The van der Waals surface area contributed by atoms with Crippen LogP contribution in [0.1, 0.15) is 19.3 Å². The van der Waals surface area contributed by atoms with E-state index in [9.17, 15) is 0 Å². The van der Waals surface area contributed by atoms with E-state index in [-0.39, 0.29) is 5.38 Å². The Balaban J connectivity index is 2.25. The highest BCUT2D eigenvalue weighted by Gasteiger charge is 2.44. The first kappa shape index (κ1) is 6.47. The molecule has 2 bridgehead atoms. The summed E-state index contributed by atoms with van der Waals surface area (Å²) in [5.41, 5.74) is 0.831. The molecule has 10 heavy (non-hydrogen) atoms. The van der Waals surface area contributed by atoms with Gasteiger partial charge in [-0.05, 0) is 25.2 Å². The zero-order valence-corrected chi connectivity index (χ0v) is 6.38. The standard InChI is InChI=1S/C7H10ClNO/c8-6-4-1-2-5(3-4)7(6)9-10/h4-6,10H,1-3H2. The van der Waals surface area contributed by atoms with Crippen LogP contribution in [-0.2, 0) is 0 Å². The number of halogens is 1. The third-order valence-electron chi connectivity index (χ3n) is 2.70. The lowest BCUT2D eigenvalue weighted by Gasteiger charge is -2.15. The molecule has 0 aromatic carbocycles. The van der Waals surface area contributed by atoms with Crippen molar-refractivity contribution < 1.29 is 5.21 Å². The summed E-state index contributed by atoms with van der Waals surface area (Å²) >= 11 is 5.98. The fraction of sp³-hybridized carbons (Fsp3) is 0.857. The van der Waals surface area contributed by atoms with E-state index in [0.717, 1.165) is 12.1 Å². The summed E-state index contributed by atoms with van der Waals surface area (Å²) in [7, 11) is 0. The van der Waals surface area contributed by atoms with Gasteiger partial charge in [0.05, 0.1) is 11.1 Å². The molecule has 1 N–H and O–H groups in total. The molecule has 3 atom stereocenters. The quantitative estimate of drug-likeness (QED) is 0.327. The van der Waals surface area contributed by atoms with Crippen molar-refractivity contribution in [2.75, 3.05) is 0 Å². The second-order valence-corrected chi connectivity index (χ2v) is 3.67. The third-order valence-corrected chi connectivity index (χ3v) is 3.28. The zero-order chi connectivity index (χ0) is 7.14. The second kappa shape index (κ2) is 2.12. The van der Waals surface area contributed by atoms with Crippen molar-refractivity contribution in [3.8, 4) is 0 Å². The van der Waals surface area contributed by atoms with E-state index in [4.69, 9.17) is 16.8 Å². The molecule has 2 rings (SSSR count). The maximum absolute atomic E-state index is 8.56. The molecule has 3 unspecified atom stereocenters. The summed E-state index contributed by atoms with van der Waals surface area (Å²) in [4.78, 5) is 0. The first-order valence-corrected chi connectivity index (χ1v) is 4.12. The van der Waals surface area contributed by atoms with Gasteiger partial charge in [0.2, 0.25) is 0 Å². The highest BCUT2D eigenvalue weighted by atomic mass is 35.5. The summed E-state index contributed by atoms with van der Waals surface area (Å²) < 4.78 is 0. The number of hydrogen-bond acceptors (Lipinski definition) is 2. The maximum Gasteiger partial charge on any atom is 0.0782 e. The Morgan fingerprint density at radius 3 is 2.70 bits per heavy atom. The van der Waals surface area contributed by atoms with Crippen LogP contribution in [0.2, 0.25) is 0 Å². The van der Waals surface area contributed by atoms with Crippen LogP contribution in [0.25, 0.3) is 0 Å². The summed E-state index contributed by atoms with van der Waals surface area (Å²) in [6.07, 6.45) is 3.54. The van der Waals surface area contributed by atoms with Gasteiger partial charge in [0, 0.05) is 5.92 Å². The van der Waals surface area contributed by atoms with Crippen molar-refractivity contribution in [2.24, 2.45) is 17.0 Å². The van der Waals surface area contributed by atoms with Gasteiger partial charge in [-0.3, -0.25) is 0 Å². The van der Waals surface area contributed by atoms with Gasteiger partial charge in [0.25, 0.3) is 0 Å². The van der Waals surface area contributed by atoms with Crippen molar-refractivity contribution in [3.63, 3.8) is 0 Å². The molecule has 0 spiro atoms. The van der Waals surface area contributed by atoms with Gasteiger partial charge in [-0.2, -0.15) is 0 Å². The molecule has 0 aromatic heterocycles. The molecule has 56 valence electrons. The van der Waals surface area contributed by atoms with Crippen LogP contribution >= 0.6 is 11.6 Å². The Kier molecular flexibility index (Phi) is 1.37. The SMILES string of the molecule is ON=C1C2CCC(C2)C1Cl. The molecule has 2 aliphatic carbocycles. The van der Waals surface area contributed by atoms with E-state index in [0.29, 0.717) is 11.8 Å². The summed E-state index contributed by atoms with van der Waals surface area (Å²) in [5.74, 6) is 1.09. The minimum absolute atomic E-state index is 0.0312. The fourth-order valence-electron chi connectivity index (χ4n) is 2.15. The van der Waals surface area contributed by atoms with Crippen molar-refractivity contribution >= 4 is 17.3 Å². The van der Waals surface area contributed by atoms with Crippen molar-refractivity contribution in [1.82, 2.24) is 0 Å². The van der Waals surface area contributed by atoms with Crippen molar-refractivity contribution in [1.29, 1.82) is 0 Å². The van der Waals surface area contributed by atoms with Crippen LogP contribution in [-0.4, -0.2) is 16.3 Å². The number of hydrogen-bond donors (Lipinski definition) is 1. The van der Waals surface area contributed by atoms with Gasteiger partial charge in [0.1, 0.15) is 0 Å². The third kappa shape index (κ3) is 0.685. The number of fused-ring (bicyclic) bond motifs is 2. The average molecular weight is 160 g/mol. The molecule has 2 fully saturated rings. The molecule has 0 amide bonds. The lowest BCUT2D eigenvalue weighted by atomic mass is 9.98. The fourth-order valence-corrected chi connectivity index (χ4v) is 2.60. The number of alkyl halides is 1. The molecule has 0 aromatic rings. The summed E-state index contributed by atoms with van der Waals surface area (Å²) in [6, 6.07) is 0. The van der Waals surface area contributed by atoms with Gasteiger partial charge >= 0.3 is 0 Å². The molecule has 2 saturated carbocycles. The van der Waals surface area contributed by atoms with Crippen LogP contribution in [0.3, 0.4) is 0 Å². The zero-order valence-electron chi connectivity index (χ0n) is 5.63. The smallest absolute Gasteiger partial charge is 0.0782 e. The molecule has 2 nitrogen and oxygen atoms in total. The Labute approximate surface area is 64.9 Å². The van der Waals surface area contributed by atoms with E-state index in [2.05, 4.69) is 5.16 Å². The number of nitrogens with zero attached hydrogens (tertiary/aromatic N) is 1. The first-order chi connectivity index (χ1) is 4.83. The maximum atomic E-state index is 8.56. The molecule has 0 radical (unpaired) electrons. The average Bonchev–Trinajstić information content (AvgIpc) is 2.46. The lowest BCUT2D eigenvalue weighted by Crippen LogP contribution is -2.22. The monoisotopic (exact) mass is 159 g/mol. The molecule has 0 heterocycles. The van der Waals surface area contributed by atoms with E-state index in [1.54, 1.807) is 0 Å². The Morgan fingerprint density at radius 2 is 2.30 bits per heavy atom. The molecule has 2 aliphatic rings. The first-order valence-electron chi connectivity index (χ1n) is 3.69. The van der Waals surface area contributed by atoms with Crippen LogP contribution in [0.15, 0.2) is 5.16 Å². The Morgan fingerprint density at radius 1 is 1.50 bits per heavy atom. The lowest BCUT2D eigenvalue weighted by molar-refractivity contribution is 0.313. The van der Waals surface area contributed by atoms with Gasteiger partial charge in [-0.1, -0.05) is 5.16 Å². The summed E-state index contributed by atoms with van der Waals surface area (Å²) in [5, 5.41) is 11.8. The predicted octanol–water partition coefficient (Wildman–Crippen LogP) is 1.85. The molecular formula is C7H10ClNO. The topological polar surface area (TPSA) is 32.6 Å². The Hall–Kier alpha value is -0.240. The van der Waals surface area contributed by atoms with Crippen LogP contribution < -0.4 is 0 Å². The van der Waals surface area contributed by atoms with E-state index >= 15 is 0 Å². The predicted molar refractivity (Wildman–Crippen MR) is 39.7 cm³/mol. The van der Waals surface area contributed by atoms with E-state index < -0.39 is 0 Å². The number of rotatable bonds is 0. The van der Waals surface area contributed by atoms with Crippen molar-refractivity contribution in [3.05, 3.63) is 0 Å². The van der Waals surface area contributed by atoms with Gasteiger partial charge in [-0.25, -0.2) is 0 Å². The minimum Gasteiger partial charge on any atom is -0.411 e. The molecule has 0 aliphatic heterocycles. The van der Waals surface area contributed by atoms with Crippen molar-refractivity contribution in [2.45, 2.75) is 24.6 Å². The molecule has 3 heteroatoms. The van der Waals surface area contributed by atoms with Crippen LogP contribution in [0.5, 0.6) is 0 Å². The van der Waals surface area contributed by atoms with Gasteiger partial charge in [-0.15, -0.1) is 11.6 Å². The van der Waals surface area contributed by atoms with Crippen LogP contribution in [0, 0.1) is 11.8 Å². The summed E-state index contributed by atoms with van der Waals surface area (Å²) in [6.45, 7) is 0. The van der Waals surface area contributed by atoms with Gasteiger partial charge < -0.3 is 5.21 Å². The second-order valence-electron chi connectivity index (χ2n) is 3.20. The normalized spacial score (nSPS) is 48.9. The van der Waals surface area contributed by atoms with E-state index in [1.165, 1.54) is 12.8 Å². The highest BCUT2D eigenvalue weighted by molar-refractivity contribution is 6.33. The molecular weight excluding hydrogens is 150 g/mol. The van der Waals surface area contributed by atoms with E-state index in [1.807, 2.05) is 0 Å². The minimum atomic E-state index is 0.0312.